The van der Waals surface area contributed by atoms with Gasteiger partial charge in [-0.3, -0.25) is 0 Å². The molecule has 0 atom stereocenters. The maximum Gasteiger partial charge on any atom is 0.125 e. The standard InChI is InChI=1S/C13H14FNS/c1-9-3-4-11(14)7-12(9)15-8-13-10(2)5-6-16-13/h3-7,15H,8H2,1-2H3. The van der Waals surface area contributed by atoms with E-state index in [1.165, 1.54) is 22.6 Å². The minimum Gasteiger partial charge on any atom is -0.380 e. The fourth-order valence-electron chi connectivity index (χ4n) is 1.55. The van der Waals surface area contributed by atoms with E-state index in [-0.39, 0.29) is 5.82 Å². The molecule has 84 valence electrons. The van der Waals surface area contributed by atoms with E-state index in [0.29, 0.717) is 0 Å². The first-order valence-corrected chi connectivity index (χ1v) is 6.08. The molecule has 3 heteroatoms. The van der Waals surface area contributed by atoms with Crippen molar-refractivity contribution in [1.82, 2.24) is 0 Å². The average Bonchev–Trinajstić information content (AvgIpc) is 2.66. The summed E-state index contributed by atoms with van der Waals surface area (Å²) in [6, 6.07) is 6.91. The third-order valence-electron chi connectivity index (χ3n) is 2.61. The van der Waals surface area contributed by atoms with Gasteiger partial charge in [-0.2, -0.15) is 0 Å². The molecule has 0 aliphatic heterocycles. The van der Waals surface area contributed by atoms with Gasteiger partial charge in [-0.05, 0) is 48.6 Å². The molecule has 0 fully saturated rings. The maximum atomic E-state index is 13.1. The molecule has 0 amide bonds. The molecule has 0 saturated carbocycles. The largest absolute Gasteiger partial charge is 0.380 e. The second-order valence-corrected chi connectivity index (χ2v) is 4.84. The van der Waals surface area contributed by atoms with E-state index in [4.69, 9.17) is 0 Å². The number of hydrogen-bond acceptors (Lipinski definition) is 2. The lowest BCUT2D eigenvalue weighted by Gasteiger charge is -2.09. The van der Waals surface area contributed by atoms with Crippen molar-refractivity contribution in [3.8, 4) is 0 Å². The lowest BCUT2D eigenvalue weighted by molar-refractivity contribution is 0.628. The highest BCUT2D eigenvalue weighted by Crippen LogP contribution is 2.20. The molecular weight excluding hydrogens is 221 g/mol. The zero-order valence-electron chi connectivity index (χ0n) is 9.38. The smallest absolute Gasteiger partial charge is 0.125 e. The number of hydrogen-bond donors (Lipinski definition) is 1. The Morgan fingerprint density at radius 3 is 2.69 bits per heavy atom. The summed E-state index contributed by atoms with van der Waals surface area (Å²) in [7, 11) is 0. The molecule has 0 aliphatic rings. The van der Waals surface area contributed by atoms with Crippen LogP contribution in [0.4, 0.5) is 10.1 Å². The van der Waals surface area contributed by atoms with Gasteiger partial charge in [-0.1, -0.05) is 6.07 Å². The summed E-state index contributed by atoms with van der Waals surface area (Å²) < 4.78 is 13.1. The molecule has 1 N–H and O–H groups in total. The normalized spacial score (nSPS) is 10.4. The summed E-state index contributed by atoms with van der Waals surface area (Å²) in [5, 5.41) is 5.34. The van der Waals surface area contributed by atoms with Crippen molar-refractivity contribution in [2.45, 2.75) is 20.4 Å². The second kappa shape index (κ2) is 4.66. The summed E-state index contributed by atoms with van der Waals surface area (Å²) in [5.74, 6) is -0.198. The summed E-state index contributed by atoms with van der Waals surface area (Å²) >= 11 is 1.72. The third-order valence-corrected chi connectivity index (χ3v) is 3.63. The van der Waals surface area contributed by atoms with E-state index in [1.54, 1.807) is 17.4 Å². The molecule has 0 bridgehead atoms. The monoisotopic (exact) mass is 235 g/mol. The Hall–Kier alpha value is -1.35. The molecule has 0 aliphatic carbocycles. The molecule has 2 rings (SSSR count). The topological polar surface area (TPSA) is 12.0 Å². The molecule has 1 aromatic heterocycles. The maximum absolute atomic E-state index is 13.1. The van der Waals surface area contributed by atoms with Crippen molar-refractivity contribution in [2.24, 2.45) is 0 Å². The number of benzene rings is 1. The van der Waals surface area contributed by atoms with Gasteiger partial charge in [0, 0.05) is 17.1 Å². The van der Waals surface area contributed by atoms with Crippen LogP contribution in [-0.4, -0.2) is 0 Å². The average molecular weight is 235 g/mol. The van der Waals surface area contributed by atoms with E-state index in [0.717, 1.165) is 17.8 Å². The third kappa shape index (κ3) is 2.42. The van der Waals surface area contributed by atoms with Gasteiger partial charge in [0.05, 0.1) is 0 Å². The quantitative estimate of drug-likeness (QED) is 0.844. The van der Waals surface area contributed by atoms with Crippen molar-refractivity contribution in [1.29, 1.82) is 0 Å². The Morgan fingerprint density at radius 1 is 1.19 bits per heavy atom. The van der Waals surface area contributed by atoms with Gasteiger partial charge in [-0.15, -0.1) is 11.3 Å². The van der Waals surface area contributed by atoms with Crippen molar-refractivity contribution in [3.63, 3.8) is 0 Å². The number of anilines is 1. The molecule has 0 spiro atoms. The van der Waals surface area contributed by atoms with Crippen LogP contribution in [0.3, 0.4) is 0 Å². The number of nitrogens with one attached hydrogen (secondary N) is 1. The summed E-state index contributed by atoms with van der Waals surface area (Å²) in [5.41, 5.74) is 3.22. The van der Waals surface area contributed by atoms with E-state index >= 15 is 0 Å². The zero-order valence-corrected chi connectivity index (χ0v) is 10.2. The first kappa shape index (κ1) is 11.1. The highest BCUT2D eigenvalue weighted by atomic mass is 32.1. The number of rotatable bonds is 3. The molecule has 1 nitrogen and oxygen atoms in total. The molecule has 1 heterocycles. The van der Waals surface area contributed by atoms with Crippen LogP contribution < -0.4 is 5.32 Å². The number of halogens is 1. The Bertz CT molecular complexity index is 490. The Morgan fingerprint density at radius 2 is 2.00 bits per heavy atom. The lowest BCUT2D eigenvalue weighted by atomic mass is 10.2. The first-order chi connectivity index (χ1) is 7.66. The summed E-state index contributed by atoms with van der Waals surface area (Å²) in [6.07, 6.45) is 0. The zero-order chi connectivity index (χ0) is 11.5. The van der Waals surface area contributed by atoms with Crippen LogP contribution in [0.25, 0.3) is 0 Å². The molecule has 16 heavy (non-hydrogen) atoms. The molecule has 1 aromatic carbocycles. The molecule has 0 radical (unpaired) electrons. The first-order valence-electron chi connectivity index (χ1n) is 5.20. The van der Waals surface area contributed by atoms with Crippen LogP contribution in [0.2, 0.25) is 0 Å². The van der Waals surface area contributed by atoms with Gasteiger partial charge in [0.1, 0.15) is 5.82 Å². The van der Waals surface area contributed by atoms with E-state index in [2.05, 4.69) is 23.7 Å². The van der Waals surface area contributed by atoms with Gasteiger partial charge < -0.3 is 5.32 Å². The van der Waals surface area contributed by atoms with Crippen LogP contribution in [0.1, 0.15) is 16.0 Å². The molecular formula is C13H14FNS. The fraction of sp³-hybridized carbons (Fsp3) is 0.231. The highest BCUT2D eigenvalue weighted by molar-refractivity contribution is 7.10. The van der Waals surface area contributed by atoms with E-state index in [1.807, 2.05) is 6.92 Å². The highest BCUT2D eigenvalue weighted by Gasteiger charge is 2.02. The van der Waals surface area contributed by atoms with Crippen molar-refractivity contribution < 1.29 is 4.39 Å². The van der Waals surface area contributed by atoms with Crippen LogP contribution in [0.5, 0.6) is 0 Å². The SMILES string of the molecule is Cc1ccc(F)cc1NCc1sccc1C. The van der Waals surface area contributed by atoms with E-state index < -0.39 is 0 Å². The summed E-state index contributed by atoms with van der Waals surface area (Å²) in [6.45, 7) is 4.82. The van der Waals surface area contributed by atoms with Crippen LogP contribution in [0, 0.1) is 19.7 Å². The van der Waals surface area contributed by atoms with Gasteiger partial charge >= 0.3 is 0 Å². The Balaban J connectivity index is 2.10. The van der Waals surface area contributed by atoms with Crippen LogP contribution in [-0.2, 0) is 6.54 Å². The van der Waals surface area contributed by atoms with E-state index in [9.17, 15) is 4.39 Å². The Kier molecular flexibility index (Phi) is 3.25. The second-order valence-electron chi connectivity index (χ2n) is 3.84. The van der Waals surface area contributed by atoms with Crippen molar-refractivity contribution in [3.05, 3.63) is 51.5 Å². The minimum atomic E-state index is -0.198. The van der Waals surface area contributed by atoms with Crippen molar-refractivity contribution in [2.75, 3.05) is 5.32 Å². The summed E-state index contributed by atoms with van der Waals surface area (Å²) in [4.78, 5) is 1.30. The molecule has 0 unspecified atom stereocenters. The predicted octanol–water partition coefficient (Wildman–Crippen LogP) is 4.12. The fourth-order valence-corrected chi connectivity index (χ4v) is 2.39. The van der Waals surface area contributed by atoms with Gasteiger partial charge in [0.15, 0.2) is 0 Å². The van der Waals surface area contributed by atoms with Gasteiger partial charge in [-0.25, -0.2) is 4.39 Å². The van der Waals surface area contributed by atoms with Gasteiger partial charge in [0.2, 0.25) is 0 Å². The number of thiophene rings is 1. The molecule has 0 saturated heterocycles. The van der Waals surface area contributed by atoms with Crippen LogP contribution in [0.15, 0.2) is 29.6 Å². The van der Waals surface area contributed by atoms with Crippen LogP contribution >= 0.6 is 11.3 Å². The number of aryl methyl sites for hydroxylation is 2. The molecule has 2 aromatic rings. The minimum absolute atomic E-state index is 0.198. The predicted molar refractivity (Wildman–Crippen MR) is 67.5 cm³/mol. The lowest BCUT2D eigenvalue weighted by Crippen LogP contribution is -2.00. The Labute approximate surface area is 98.9 Å². The van der Waals surface area contributed by atoms with Gasteiger partial charge in [0.25, 0.3) is 0 Å². The van der Waals surface area contributed by atoms with Crippen molar-refractivity contribution >= 4 is 17.0 Å².